The second-order valence-electron chi connectivity index (χ2n) is 5.30. The van der Waals surface area contributed by atoms with E-state index in [4.69, 9.17) is 0 Å². The van der Waals surface area contributed by atoms with Crippen LogP contribution in [0.15, 0.2) is 30.3 Å². The summed E-state index contributed by atoms with van der Waals surface area (Å²) in [5.41, 5.74) is 0.823. The Labute approximate surface area is 128 Å². The standard InChI is InChI=1S/C17H29N3O/c1-3-5-13-20(14-6-4-2)15-12-18-17(21)19-16-10-8-7-9-11-16/h7-11H,3-6,12-15H2,1-2H3,(H2,18,19,21). The molecule has 1 rings (SSSR count). The first-order chi connectivity index (χ1) is 10.3. The number of nitrogens with one attached hydrogen (secondary N) is 2. The molecule has 2 amide bonds. The van der Waals surface area contributed by atoms with E-state index in [1.165, 1.54) is 25.7 Å². The molecule has 0 radical (unpaired) electrons. The highest BCUT2D eigenvalue weighted by Crippen LogP contribution is 2.04. The van der Waals surface area contributed by atoms with Gasteiger partial charge in [0.2, 0.25) is 0 Å². The van der Waals surface area contributed by atoms with Crippen LogP contribution in [0.5, 0.6) is 0 Å². The van der Waals surface area contributed by atoms with Crippen LogP contribution in [0, 0.1) is 0 Å². The van der Waals surface area contributed by atoms with Crippen molar-refractivity contribution in [1.29, 1.82) is 0 Å². The molecule has 0 aliphatic heterocycles. The lowest BCUT2D eigenvalue weighted by atomic mass is 10.2. The summed E-state index contributed by atoms with van der Waals surface area (Å²) >= 11 is 0. The molecule has 0 fully saturated rings. The molecule has 1 aromatic rings. The molecule has 4 heteroatoms. The summed E-state index contributed by atoms with van der Waals surface area (Å²) < 4.78 is 0. The lowest BCUT2D eigenvalue weighted by Crippen LogP contribution is -2.37. The molecule has 0 bridgehead atoms. The van der Waals surface area contributed by atoms with Gasteiger partial charge in [-0.3, -0.25) is 0 Å². The third-order valence-electron chi connectivity index (χ3n) is 3.40. The minimum absolute atomic E-state index is 0.132. The van der Waals surface area contributed by atoms with Gasteiger partial charge >= 0.3 is 6.03 Å². The Hall–Kier alpha value is -1.55. The number of para-hydroxylation sites is 1. The lowest BCUT2D eigenvalue weighted by molar-refractivity contribution is 0.243. The van der Waals surface area contributed by atoms with Gasteiger partial charge in [-0.15, -0.1) is 0 Å². The smallest absolute Gasteiger partial charge is 0.319 e. The Morgan fingerprint density at radius 2 is 1.62 bits per heavy atom. The van der Waals surface area contributed by atoms with E-state index >= 15 is 0 Å². The van der Waals surface area contributed by atoms with E-state index in [9.17, 15) is 4.79 Å². The number of anilines is 1. The van der Waals surface area contributed by atoms with Gasteiger partial charge in [-0.05, 0) is 38.1 Å². The van der Waals surface area contributed by atoms with Gasteiger partial charge in [0.15, 0.2) is 0 Å². The molecule has 0 spiro atoms. The number of benzene rings is 1. The van der Waals surface area contributed by atoms with Crippen LogP contribution in [-0.4, -0.2) is 37.1 Å². The summed E-state index contributed by atoms with van der Waals surface area (Å²) in [5, 5.41) is 5.76. The van der Waals surface area contributed by atoms with Gasteiger partial charge in [0.1, 0.15) is 0 Å². The summed E-state index contributed by atoms with van der Waals surface area (Å²) in [4.78, 5) is 14.2. The predicted octanol–water partition coefficient (Wildman–Crippen LogP) is 3.71. The highest BCUT2D eigenvalue weighted by Gasteiger charge is 2.05. The van der Waals surface area contributed by atoms with Gasteiger partial charge in [-0.2, -0.15) is 0 Å². The second kappa shape index (κ2) is 11.1. The van der Waals surface area contributed by atoms with Gasteiger partial charge in [-0.25, -0.2) is 4.79 Å². The highest BCUT2D eigenvalue weighted by molar-refractivity contribution is 5.89. The molecule has 0 heterocycles. The minimum atomic E-state index is -0.132. The average Bonchev–Trinajstić information content (AvgIpc) is 2.50. The number of urea groups is 1. The summed E-state index contributed by atoms with van der Waals surface area (Å²) in [5.74, 6) is 0. The van der Waals surface area contributed by atoms with Crippen LogP contribution in [0.4, 0.5) is 10.5 Å². The maximum Gasteiger partial charge on any atom is 0.319 e. The Balaban J connectivity index is 2.23. The number of unbranched alkanes of at least 4 members (excludes halogenated alkanes) is 2. The first-order valence-electron chi connectivity index (χ1n) is 8.08. The molecule has 118 valence electrons. The van der Waals surface area contributed by atoms with E-state index in [2.05, 4.69) is 29.4 Å². The zero-order valence-corrected chi connectivity index (χ0v) is 13.4. The molecular weight excluding hydrogens is 262 g/mol. The van der Waals surface area contributed by atoms with Crippen LogP contribution in [0.3, 0.4) is 0 Å². The Morgan fingerprint density at radius 3 is 2.19 bits per heavy atom. The Morgan fingerprint density at radius 1 is 1.00 bits per heavy atom. The number of carbonyl (C=O) groups excluding carboxylic acids is 1. The Kier molecular flexibility index (Phi) is 9.29. The number of rotatable bonds is 10. The monoisotopic (exact) mass is 291 g/mol. The maximum atomic E-state index is 11.8. The van der Waals surface area contributed by atoms with Crippen molar-refractivity contribution in [2.45, 2.75) is 39.5 Å². The van der Waals surface area contributed by atoms with Crippen molar-refractivity contribution in [3.05, 3.63) is 30.3 Å². The molecular formula is C17H29N3O. The van der Waals surface area contributed by atoms with E-state index in [0.717, 1.165) is 25.3 Å². The largest absolute Gasteiger partial charge is 0.337 e. The van der Waals surface area contributed by atoms with Crippen LogP contribution in [0.1, 0.15) is 39.5 Å². The molecule has 21 heavy (non-hydrogen) atoms. The summed E-state index contributed by atoms with van der Waals surface area (Å²) in [6, 6.07) is 9.39. The molecule has 0 atom stereocenters. The third kappa shape index (κ3) is 8.35. The minimum Gasteiger partial charge on any atom is -0.337 e. The fraction of sp³-hybridized carbons (Fsp3) is 0.588. The molecule has 0 aliphatic rings. The zero-order valence-electron chi connectivity index (χ0n) is 13.4. The predicted molar refractivity (Wildman–Crippen MR) is 89.7 cm³/mol. The van der Waals surface area contributed by atoms with Crippen LogP contribution in [-0.2, 0) is 0 Å². The number of amides is 2. The molecule has 4 nitrogen and oxygen atoms in total. The molecule has 0 saturated heterocycles. The van der Waals surface area contributed by atoms with Gasteiger partial charge in [0.05, 0.1) is 0 Å². The molecule has 2 N–H and O–H groups in total. The van der Waals surface area contributed by atoms with Crippen molar-refractivity contribution in [3.8, 4) is 0 Å². The van der Waals surface area contributed by atoms with E-state index in [0.29, 0.717) is 6.54 Å². The zero-order chi connectivity index (χ0) is 15.3. The van der Waals surface area contributed by atoms with Gasteiger partial charge in [0, 0.05) is 18.8 Å². The number of carbonyl (C=O) groups is 1. The topological polar surface area (TPSA) is 44.4 Å². The number of hydrogen-bond acceptors (Lipinski definition) is 2. The van der Waals surface area contributed by atoms with Gasteiger partial charge < -0.3 is 15.5 Å². The molecule has 0 unspecified atom stereocenters. The summed E-state index contributed by atoms with van der Waals surface area (Å²) in [6.07, 6.45) is 4.87. The quantitative estimate of drug-likeness (QED) is 0.690. The van der Waals surface area contributed by atoms with Crippen LogP contribution in [0.2, 0.25) is 0 Å². The second-order valence-corrected chi connectivity index (χ2v) is 5.30. The van der Waals surface area contributed by atoms with Crippen molar-refractivity contribution < 1.29 is 4.79 Å². The number of hydrogen-bond donors (Lipinski definition) is 2. The van der Waals surface area contributed by atoms with E-state index in [1.807, 2.05) is 30.3 Å². The van der Waals surface area contributed by atoms with Crippen LogP contribution in [0.25, 0.3) is 0 Å². The van der Waals surface area contributed by atoms with E-state index in [-0.39, 0.29) is 6.03 Å². The average molecular weight is 291 g/mol. The normalized spacial score (nSPS) is 10.6. The fourth-order valence-corrected chi connectivity index (χ4v) is 2.12. The summed E-state index contributed by atoms with van der Waals surface area (Å²) in [7, 11) is 0. The van der Waals surface area contributed by atoms with E-state index < -0.39 is 0 Å². The van der Waals surface area contributed by atoms with Crippen molar-refractivity contribution in [2.24, 2.45) is 0 Å². The fourth-order valence-electron chi connectivity index (χ4n) is 2.12. The first-order valence-corrected chi connectivity index (χ1v) is 8.08. The van der Waals surface area contributed by atoms with Crippen molar-refractivity contribution in [1.82, 2.24) is 10.2 Å². The number of nitrogens with zero attached hydrogens (tertiary/aromatic N) is 1. The molecule has 0 aromatic heterocycles. The van der Waals surface area contributed by atoms with Crippen molar-refractivity contribution in [3.63, 3.8) is 0 Å². The van der Waals surface area contributed by atoms with Gasteiger partial charge in [0.25, 0.3) is 0 Å². The lowest BCUT2D eigenvalue weighted by Gasteiger charge is -2.22. The van der Waals surface area contributed by atoms with Crippen molar-refractivity contribution >= 4 is 11.7 Å². The third-order valence-corrected chi connectivity index (χ3v) is 3.40. The first kappa shape index (κ1) is 17.5. The maximum absolute atomic E-state index is 11.8. The molecule has 1 aromatic carbocycles. The summed E-state index contributed by atoms with van der Waals surface area (Å²) in [6.45, 7) is 8.28. The van der Waals surface area contributed by atoms with E-state index in [1.54, 1.807) is 0 Å². The highest BCUT2D eigenvalue weighted by atomic mass is 16.2. The van der Waals surface area contributed by atoms with Crippen molar-refractivity contribution in [2.75, 3.05) is 31.5 Å². The van der Waals surface area contributed by atoms with Gasteiger partial charge in [-0.1, -0.05) is 44.9 Å². The molecule has 0 aliphatic carbocycles. The molecule has 0 saturated carbocycles. The SMILES string of the molecule is CCCCN(CCCC)CCNC(=O)Nc1ccccc1. The van der Waals surface area contributed by atoms with Crippen LogP contribution < -0.4 is 10.6 Å². The Bertz CT molecular complexity index is 373. The van der Waals surface area contributed by atoms with Crippen LogP contribution >= 0.6 is 0 Å².